The van der Waals surface area contributed by atoms with Crippen LogP contribution < -0.4 is 4.74 Å². The molecule has 0 radical (unpaired) electrons. The molecule has 0 aliphatic carbocycles. The van der Waals surface area contributed by atoms with Gasteiger partial charge in [-0.1, -0.05) is 37.8 Å². The van der Waals surface area contributed by atoms with E-state index in [2.05, 4.69) is 6.92 Å². The number of aryl methyl sites for hydroxylation is 1. The molecule has 0 N–H and O–H groups in total. The summed E-state index contributed by atoms with van der Waals surface area (Å²) in [5.74, 6) is 0.955. The average Bonchev–Trinajstić information content (AvgIpc) is 2.25. The first-order valence-corrected chi connectivity index (χ1v) is 5.98. The van der Waals surface area contributed by atoms with Crippen LogP contribution >= 0.6 is 11.6 Å². The lowest BCUT2D eigenvalue weighted by atomic mass is 10.1. The van der Waals surface area contributed by atoms with Crippen molar-refractivity contribution < 1.29 is 4.74 Å². The Balaban J connectivity index is 2.54. The molecule has 0 unspecified atom stereocenters. The molecule has 1 nitrogen and oxygen atoms in total. The topological polar surface area (TPSA) is 9.23 Å². The monoisotopic (exact) mass is 226 g/mol. The minimum atomic E-state index is 0.793. The van der Waals surface area contributed by atoms with E-state index in [0.717, 1.165) is 17.2 Å². The molecule has 2 heteroatoms. The van der Waals surface area contributed by atoms with E-state index in [4.69, 9.17) is 16.3 Å². The summed E-state index contributed by atoms with van der Waals surface area (Å²) in [5.41, 5.74) is 1.22. The molecule has 0 aliphatic rings. The van der Waals surface area contributed by atoms with Gasteiger partial charge in [0.2, 0.25) is 0 Å². The van der Waals surface area contributed by atoms with Crippen LogP contribution in [0.4, 0.5) is 0 Å². The molecule has 0 atom stereocenters. The summed E-state index contributed by atoms with van der Waals surface area (Å²) in [6.07, 6.45) is 6.13. The molecule has 0 saturated carbocycles. The standard InChI is InChI=1S/C13H19ClO/c1-3-4-5-6-7-11-10-12(14)8-9-13(11)15-2/h8-10H,3-7H2,1-2H3. The number of halogens is 1. The average molecular weight is 227 g/mol. The van der Waals surface area contributed by atoms with Crippen LogP contribution in [0, 0.1) is 0 Å². The largest absolute Gasteiger partial charge is 0.496 e. The fourth-order valence-electron chi connectivity index (χ4n) is 1.68. The Morgan fingerprint density at radius 3 is 2.67 bits per heavy atom. The minimum Gasteiger partial charge on any atom is -0.496 e. The first kappa shape index (κ1) is 12.4. The normalized spacial score (nSPS) is 10.3. The van der Waals surface area contributed by atoms with Crippen LogP contribution in [0.2, 0.25) is 5.02 Å². The van der Waals surface area contributed by atoms with Crippen molar-refractivity contribution in [3.63, 3.8) is 0 Å². The van der Waals surface area contributed by atoms with Gasteiger partial charge in [0.05, 0.1) is 7.11 Å². The summed E-state index contributed by atoms with van der Waals surface area (Å²) in [6.45, 7) is 2.22. The van der Waals surface area contributed by atoms with Crippen molar-refractivity contribution in [2.75, 3.05) is 7.11 Å². The Hall–Kier alpha value is -0.690. The summed E-state index contributed by atoms with van der Waals surface area (Å²) >= 11 is 5.96. The SMILES string of the molecule is CCCCCCc1cc(Cl)ccc1OC. The van der Waals surface area contributed by atoms with E-state index in [9.17, 15) is 0 Å². The fraction of sp³-hybridized carbons (Fsp3) is 0.538. The van der Waals surface area contributed by atoms with Crippen LogP contribution in [0.3, 0.4) is 0 Å². The van der Waals surface area contributed by atoms with Gasteiger partial charge in [-0.15, -0.1) is 0 Å². The van der Waals surface area contributed by atoms with Gasteiger partial charge >= 0.3 is 0 Å². The van der Waals surface area contributed by atoms with Crippen molar-refractivity contribution in [1.82, 2.24) is 0 Å². The van der Waals surface area contributed by atoms with E-state index >= 15 is 0 Å². The van der Waals surface area contributed by atoms with E-state index in [-0.39, 0.29) is 0 Å². The lowest BCUT2D eigenvalue weighted by Gasteiger charge is -2.08. The molecule has 0 fully saturated rings. The van der Waals surface area contributed by atoms with Gasteiger partial charge in [0.25, 0.3) is 0 Å². The smallest absolute Gasteiger partial charge is 0.122 e. The zero-order chi connectivity index (χ0) is 11.1. The van der Waals surface area contributed by atoms with Crippen LogP contribution in [-0.2, 0) is 6.42 Å². The van der Waals surface area contributed by atoms with E-state index in [0.29, 0.717) is 0 Å². The molecule has 0 aliphatic heterocycles. The van der Waals surface area contributed by atoms with E-state index in [1.54, 1.807) is 7.11 Å². The van der Waals surface area contributed by atoms with Crippen molar-refractivity contribution in [2.24, 2.45) is 0 Å². The number of methoxy groups -OCH3 is 1. The van der Waals surface area contributed by atoms with Crippen molar-refractivity contribution in [2.45, 2.75) is 39.0 Å². The summed E-state index contributed by atoms with van der Waals surface area (Å²) in [7, 11) is 1.71. The van der Waals surface area contributed by atoms with Gasteiger partial charge in [-0.25, -0.2) is 0 Å². The maximum Gasteiger partial charge on any atom is 0.122 e. The molecule has 1 rings (SSSR count). The van der Waals surface area contributed by atoms with Crippen molar-refractivity contribution in [3.8, 4) is 5.75 Å². The highest BCUT2D eigenvalue weighted by Gasteiger charge is 2.03. The van der Waals surface area contributed by atoms with Crippen molar-refractivity contribution in [1.29, 1.82) is 0 Å². The summed E-state index contributed by atoms with van der Waals surface area (Å²) in [4.78, 5) is 0. The third kappa shape index (κ3) is 4.13. The number of unbranched alkanes of at least 4 members (excludes halogenated alkanes) is 3. The first-order chi connectivity index (χ1) is 7.27. The fourth-order valence-corrected chi connectivity index (χ4v) is 1.88. The van der Waals surface area contributed by atoms with Crippen LogP contribution in [0.15, 0.2) is 18.2 Å². The quantitative estimate of drug-likeness (QED) is 0.651. The predicted octanol–water partition coefficient (Wildman–Crippen LogP) is 4.47. The van der Waals surface area contributed by atoms with Crippen LogP contribution in [-0.4, -0.2) is 7.11 Å². The second-order valence-electron chi connectivity index (χ2n) is 3.77. The lowest BCUT2D eigenvalue weighted by molar-refractivity contribution is 0.409. The highest BCUT2D eigenvalue weighted by atomic mass is 35.5. The third-order valence-electron chi connectivity index (χ3n) is 2.54. The van der Waals surface area contributed by atoms with Crippen molar-refractivity contribution >= 4 is 11.6 Å². The van der Waals surface area contributed by atoms with Crippen LogP contribution in [0.1, 0.15) is 38.2 Å². The van der Waals surface area contributed by atoms with Gasteiger partial charge < -0.3 is 4.74 Å². The second kappa shape index (κ2) is 6.73. The molecule has 0 heterocycles. The minimum absolute atomic E-state index is 0.793. The molecule has 0 saturated heterocycles. The highest BCUT2D eigenvalue weighted by molar-refractivity contribution is 6.30. The molecule has 1 aromatic carbocycles. The maximum atomic E-state index is 5.96. The summed E-state index contributed by atoms with van der Waals surface area (Å²) < 4.78 is 5.30. The van der Waals surface area contributed by atoms with E-state index < -0.39 is 0 Å². The lowest BCUT2D eigenvalue weighted by Crippen LogP contribution is -1.92. The molecule has 0 bridgehead atoms. The van der Waals surface area contributed by atoms with Gasteiger partial charge in [-0.05, 0) is 36.6 Å². The third-order valence-corrected chi connectivity index (χ3v) is 2.78. The molecule has 0 aromatic heterocycles. The van der Waals surface area contributed by atoms with Gasteiger partial charge in [0, 0.05) is 5.02 Å². The zero-order valence-electron chi connectivity index (χ0n) is 9.55. The zero-order valence-corrected chi connectivity index (χ0v) is 10.3. The molecular formula is C13H19ClO. The summed E-state index contributed by atoms with van der Waals surface area (Å²) in [6, 6.07) is 5.82. The van der Waals surface area contributed by atoms with Crippen LogP contribution in [0.5, 0.6) is 5.75 Å². The highest BCUT2D eigenvalue weighted by Crippen LogP contribution is 2.24. The van der Waals surface area contributed by atoms with Crippen LogP contribution in [0.25, 0.3) is 0 Å². The Morgan fingerprint density at radius 1 is 1.20 bits per heavy atom. The number of ether oxygens (including phenoxy) is 1. The molecule has 15 heavy (non-hydrogen) atoms. The molecule has 0 spiro atoms. The molecule has 84 valence electrons. The number of rotatable bonds is 6. The van der Waals surface area contributed by atoms with Gasteiger partial charge in [-0.3, -0.25) is 0 Å². The Labute approximate surface area is 97.4 Å². The van der Waals surface area contributed by atoms with E-state index in [1.165, 1.54) is 31.2 Å². The van der Waals surface area contributed by atoms with Gasteiger partial charge in [0.15, 0.2) is 0 Å². The van der Waals surface area contributed by atoms with Gasteiger partial charge in [0.1, 0.15) is 5.75 Å². The summed E-state index contributed by atoms with van der Waals surface area (Å²) in [5, 5.41) is 0.793. The Bertz CT molecular complexity index is 297. The first-order valence-electron chi connectivity index (χ1n) is 5.60. The predicted molar refractivity (Wildman–Crippen MR) is 65.9 cm³/mol. The number of benzene rings is 1. The molecular weight excluding hydrogens is 208 g/mol. The van der Waals surface area contributed by atoms with E-state index in [1.807, 2.05) is 18.2 Å². The Kier molecular flexibility index (Phi) is 5.56. The maximum absolute atomic E-state index is 5.96. The molecule has 1 aromatic rings. The number of hydrogen-bond acceptors (Lipinski definition) is 1. The van der Waals surface area contributed by atoms with Gasteiger partial charge in [-0.2, -0.15) is 0 Å². The molecule has 0 amide bonds. The second-order valence-corrected chi connectivity index (χ2v) is 4.20. The Morgan fingerprint density at radius 2 is 2.00 bits per heavy atom. The number of hydrogen-bond donors (Lipinski definition) is 0. The van der Waals surface area contributed by atoms with Crippen molar-refractivity contribution in [3.05, 3.63) is 28.8 Å².